The largest absolute Gasteiger partial charge is 0.362 e. The molecule has 1 aromatic rings. The number of likely N-dealkylation sites (N-methyl/N-ethyl adjacent to an activating group) is 1. The van der Waals surface area contributed by atoms with Gasteiger partial charge in [-0.3, -0.25) is 14.5 Å². The molecular weight excluding hydrogens is 282 g/mol. The average molecular weight is 298 g/mol. The zero-order valence-corrected chi connectivity index (χ0v) is 11.6. The lowest BCUT2D eigenvalue weighted by Crippen LogP contribution is -2.49. The van der Waals surface area contributed by atoms with E-state index < -0.39 is 29.5 Å². The van der Waals surface area contributed by atoms with Crippen LogP contribution in [0, 0.1) is 11.6 Å². The number of rotatable bonds is 5. The Hall–Kier alpha value is -1.86. The molecule has 1 heterocycles. The zero-order chi connectivity index (χ0) is 15.4. The number of nitrogens with zero attached hydrogens (tertiary/aromatic N) is 1. The summed E-state index contributed by atoms with van der Waals surface area (Å²) < 4.78 is 32.1. The first-order valence-corrected chi connectivity index (χ1v) is 6.62. The molecule has 0 spiro atoms. The number of amides is 2. The predicted molar refractivity (Wildman–Crippen MR) is 70.3 cm³/mol. The molecule has 7 heteroatoms. The standard InChI is InChI=1S/C14H16F2N2O3/c1-2-17-11(9-4-3-5-10(15)14(9)16)6-18-12(19)7-21-8-13(18)20/h3-5,11,17H,2,6-8H2,1H3. The summed E-state index contributed by atoms with van der Waals surface area (Å²) in [6.45, 7) is 1.85. The van der Waals surface area contributed by atoms with Gasteiger partial charge < -0.3 is 10.1 Å². The molecule has 0 saturated carbocycles. The summed E-state index contributed by atoms with van der Waals surface area (Å²) in [5, 5.41) is 2.96. The van der Waals surface area contributed by atoms with Crippen molar-refractivity contribution in [2.75, 3.05) is 26.3 Å². The molecule has 1 aliphatic heterocycles. The molecular formula is C14H16F2N2O3. The van der Waals surface area contributed by atoms with Gasteiger partial charge in [0.25, 0.3) is 11.8 Å². The number of morpholine rings is 1. The maximum absolute atomic E-state index is 13.9. The van der Waals surface area contributed by atoms with Crippen molar-refractivity contribution in [2.45, 2.75) is 13.0 Å². The van der Waals surface area contributed by atoms with Crippen LogP contribution in [0.3, 0.4) is 0 Å². The van der Waals surface area contributed by atoms with E-state index in [1.807, 2.05) is 0 Å². The fourth-order valence-corrected chi connectivity index (χ4v) is 2.22. The number of hydrogen-bond donors (Lipinski definition) is 1. The number of benzene rings is 1. The Labute approximate surface area is 120 Å². The average Bonchev–Trinajstić information content (AvgIpc) is 2.45. The van der Waals surface area contributed by atoms with Gasteiger partial charge in [-0.05, 0) is 12.6 Å². The molecule has 1 atom stereocenters. The number of ether oxygens (including phenoxy) is 1. The fourth-order valence-electron chi connectivity index (χ4n) is 2.22. The molecule has 21 heavy (non-hydrogen) atoms. The first-order chi connectivity index (χ1) is 10.0. The third-order valence-corrected chi connectivity index (χ3v) is 3.23. The van der Waals surface area contributed by atoms with E-state index in [1.165, 1.54) is 12.1 Å². The maximum Gasteiger partial charge on any atom is 0.255 e. The molecule has 1 aliphatic rings. The van der Waals surface area contributed by atoms with Gasteiger partial charge in [0.15, 0.2) is 11.6 Å². The van der Waals surface area contributed by atoms with E-state index in [-0.39, 0.29) is 25.3 Å². The van der Waals surface area contributed by atoms with Crippen LogP contribution in [-0.2, 0) is 14.3 Å². The van der Waals surface area contributed by atoms with Crippen LogP contribution < -0.4 is 5.32 Å². The van der Waals surface area contributed by atoms with Gasteiger partial charge in [-0.25, -0.2) is 8.78 Å². The lowest BCUT2D eigenvalue weighted by molar-refractivity contribution is -0.158. The van der Waals surface area contributed by atoms with Gasteiger partial charge in [-0.2, -0.15) is 0 Å². The first-order valence-electron chi connectivity index (χ1n) is 6.62. The Bertz CT molecular complexity index is 535. The monoisotopic (exact) mass is 298 g/mol. The smallest absolute Gasteiger partial charge is 0.255 e. The van der Waals surface area contributed by atoms with E-state index in [0.29, 0.717) is 6.54 Å². The molecule has 1 saturated heterocycles. The Morgan fingerprint density at radius 1 is 1.29 bits per heavy atom. The van der Waals surface area contributed by atoms with E-state index in [1.54, 1.807) is 6.92 Å². The molecule has 2 amide bonds. The minimum Gasteiger partial charge on any atom is -0.362 e. The molecule has 1 fully saturated rings. The predicted octanol–water partition coefficient (Wildman–Crippen LogP) is 1.00. The summed E-state index contributed by atoms with van der Waals surface area (Å²) in [4.78, 5) is 24.4. The summed E-state index contributed by atoms with van der Waals surface area (Å²) in [6, 6.07) is 3.17. The van der Waals surface area contributed by atoms with Crippen molar-refractivity contribution in [1.29, 1.82) is 0 Å². The molecule has 1 N–H and O–H groups in total. The summed E-state index contributed by atoms with van der Waals surface area (Å²) in [5.74, 6) is -2.90. The van der Waals surface area contributed by atoms with Gasteiger partial charge in [0.1, 0.15) is 13.2 Å². The fraction of sp³-hybridized carbons (Fsp3) is 0.429. The number of hydrogen-bond acceptors (Lipinski definition) is 4. The van der Waals surface area contributed by atoms with Crippen molar-refractivity contribution in [3.8, 4) is 0 Å². The van der Waals surface area contributed by atoms with E-state index in [0.717, 1.165) is 11.0 Å². The quantitative estimate of drug-likeness (QED) is 0.824. The van der Waals surface area contributed by atoms with Crippen LogP contribution in [0.1, 0.15) is 18.5 Å². The van der Waals surface area contributed by atoms with E-state index in [9.17, 15) is 18.4 Å². The maximum atomic E-state index is 13.9. The highest BCUT2D eigenvalue weighted by Crippen LogP contribution is 2.21. The highest BCUT2D eigenvalue weighted by atomic mass is 19.2. The molecule has 2 rings (SSSR count). The van der Waals surface area contributed by atoms with Crippen molar-refractivity contribution < 1.29 is 23.1 Å². The van der Waals surface area contributed by atoms with Crippen LogP contribution in [-0.4, -0.2) is 43.0 Å². The number of carbonyl (C=O) groups is 2. The van der Waals surface area contributed by atoms with Gasteiger partial charge in [0, 0.05) is 12.1 Å². The first kappa shape index (κ1) is 15.5. The van der Waals surface area contributed by atoms with Crippen LogP contribution in [0.2, 0.25) is 0 Å². The zero-order valence-electron chi connectivity index (χ0n) is 11.6. The molecule has 1 unspecified atom stereocenters. The molecule has 0 aromatic heterocycles. The summed E-state index contributed by atoms with van der Waals surface area (Å²) in [5.41, 5.74) is 0.0870. The van der Waals surface area contributed by atoms with E-state index in [2.05, 4.69) is 5.32 Å². The second-order valence-corrected chi connectivity index (χ2v) is 4.64. The third-order valence-electron chi connectivity index (χ3n) is 3.23. The second-order valence-electron chi connectivity index (χ2n) is 4.64. The Kier molecular flexibility index (Phi) is 4.98. The molecule has 0 aliphatic carbocycles. The second kappa shape index (κ2) is 6.73. The summed E-state index contributed by atoms with van der Waals surface area (Å²) in [6.07, 6.45) is 0. The summed E-state index contributed by atoms with van der Waals surface area (Å²) in [7, 11) is 0. The highest BCUT2D eigenvalue weighted by Gasteiger charge is 2.30. The Morgan fingerprint density at radius 2 is 1.95 bits per heavy atom. The Balaban J connectivity index is 2.24. The SMILES string of the molecule is CCNC(CN1C(=O)COCC1=O)c1cccc(F)c1F. The minimum absolute atomic E-state index is 0.0603. The van der Waals surface area contributed by atoms with Crippen LogP contribution in [0.15, 0.2) is 18.2 Å². The van der Waals surface area contributed by atoms with Crippen LogP contribution in [0.4, 0.5) is 8.78 Å². The van der Waals surface area contributed by atoms with Crippen molar-refractivity contribution in [3.05, 3.63) is 35.4 Å². The molecule has 5 nitrogen and oxygen atoms in total. The van der Waals surface area contributed by atoms with Crippen LogP contribution in [0.5, 0.6) is 0 Å². The van der Waals surface area contributed by atoms with Gasteiger partial charge in [0.2, 0.25) is 0 Å². The van der Waals surface area contributed by atoms with Crippen molar-refractivity contribution in [3.63, 3.8) is 0 Å². The van der Waals surface area contributed by atoms with Crippen molar-refractivity contribution in [2.24, 2.45) is 0 Å². The Morgan fingerprint density at radius 3 is 2.57 bits per heavy atom. The van der Waals surface area contributed by atoms with Gasteiger partial charge in [0.05, 0.1) is 6.04 Å². The van der Waals surface area contributed by atoms with Gasteiger partial charge >= 0.3 is 0 Å². The van der Waals surface area contributed by atoms with Gasteiger partial charge in [-0.1, -0.05) is 19.1 Å². The van der Waals surface area contributed by atoms with E-state index in [4.69, 9.17) is 4.74 Å². The topological polar surface area (TPSA) is 58.6 Å². The third kappa shape index (κ3) is 3.43. The van der Waals surface area contributed by atoms with E-state index >= 15 is 0 Å². The van der Waals surface area contributed by atoms with Gasteiger partial charge in [-0.15, -0.1) is 0 Å². The lowest BCUT2D eigenvalue weighted by atomic mass is 10.0. The number of halogens is 2. The molecule has 0 radical (unpaired) electrons. The summed E-state index contributed by atoms with van der Waals surface area (Å²) >= 11 is 0. The van der Waals surface area contributed by atoms with Crippen LogP contribution in [0.25, 0.3) is 0 Å². The molecule has 1 aromatic carbocycles. The number of imide groups is 1. The van der Waals surface area contributed by atoms with Crippen LogP contribution >= 0.6 is 0 Å². The minimum atomic E-state index is -0.975. The normalized spacial score (nSPS) is 17.2. The van der Waals surface area contributed by atoms with Crippen molar-refractivity contribution >= 4 is 11.8 Å². The number of carbonyl (C=O) groups excluding carboxylic acids is 2. The molecule has 0 bridgehead atoms. The molecule has 114 valence electrons. The lowest BCUT2D eigenvalue weighted by Gasteiger charge is -2.29. The van der Waals surface area contributed by atoms with Crippen molar-refractivity contribution in [1.82, 2.24) is 10.2 Å². The number of nitrogens with one attached hydrogen (secondary N) is 1. The highest BCUT2D eigenvalue weighted by molar-refractivity contribution is 5.98.